The summed E-state index contributed by atoms with van der Waals surface area (Å²) in [5.74, 6) is 1.95. The molecule has 5 aromatic rings. The van der Waals surface area contributed by atoms with Crippen molar-refractivity contribution in [3.05, 3.63) is 175 Å². The third-order valence-electron chi connectivity index (χ3n) is 11.3. The normalized spacial score (nSPS) is 16.2. The van der Waals surface area contributed by atoms with Crippen LogP contribution in [0.4, 0.5) is 26.3 Å². The van der Waals surface area contributed by atoms with E-state index in [1.807, 2.05) is 26.0 Å². The zero-order chi connectivity index (χ0) is 47.1. The van der Waals surface area contributed by atoms with Gasteiger partial charge < -0.3 is 0 Å². The van der Waals surface area contributed by atoms with Crippen LogP contribution in [0, 0.1) is 128 Å². The summed E-state index contributed by atoms with van der Waals surface area (Å²) in [4.78, 5) is 0. The van der Waals surface area contributed by atoms with Crippen molar-refractivity contribution in [2.45, 2.75) is 185 Å². The average molecular weight is 943 g/mol. The highest BCUT2D eigenvalue weighted by atomic mass is 19.2. The summed E-state index contributed by atoms with van der Waals surface area (Å²) in [7, 11) is 0. The van der Waals surface area contributed by atoms with Crippen molar-refractivity contribution >= 4 is 0 Å². The van der Waals surface area contributed by atoms with E-state index < -0.39 is 23.3 Å². The maximum absolute atomic E-state index is 12.6. The van der Waals surface area contributed by atoms with Gasteiger partial charge in [-0.15, -0.1) is 0 Å². The molecule has 0 nitrogen and oxygen atoms in total. The van der Waals surface area contributed by atoms with Gasteiger partial charge in [0.2, 0.25) is 0 Å². The van der Waals surface area contributed by atoms with Gasteiger partial charge >= 0.3 is 0 Å². The Balaban J connectivity index is -0.000000221. The minimum atomic E-state index is -0.475. The molecule has 0 atom stereocenters. The lowest BCUT2D eigenvalue weighted by atomic mass is 9.84. The van der Waals surface area contributed by atoms with E-state index >= 15 is 0 Å². The first kappa shape index (κ1) is 71.7. The lowest BCUT2D eigenvalue weighted by Gasteiger charge is -2.22. The molecular formula is C61H96F6. The van der Waals surface area contributed by atoms with E-state index in [1.165, 1.54) is 113 Å². The molecule has 0 saturated heterocycles. The lowest BCUT2D eigenvalue weighted by Crippen LogP contribution is -2.08. The van der Waals surface area contributed by atoms with Gasteiger partial charge in [0.05, 0.1) is 0 Å². The highest BCUT2D eigenvalue weighted by Crippen LogP contribution is 2.28. The Morgan fingerprint density at radius 2 is 0.448 bits per heavy atom. The highest BCUT2D eigenvalue weighted by molar-refractivity contribution is 5.25. The molecular weight excluding hydrogens is 847 g/mol. The molecule has 0 spiro atoms. The standard InChI is InChI=1S/2C8H8F2.2C8H9F.2C8H16.C8H10.5CH4/c2*1-5-3-7(9)6(2)8(10)4-5;2*1-6-3-4-7(2)8(9)5-6;3*1-7-3-5-8(2)6-4-7;;;;;/h2*3-4H,1-2H3;2*3-5H,1-2H3;2*7-8H,3-6H2,1-2H3;3-6H,1-2H3;5*1H4. The fraction of sp³-hybridized carbons (Fsp3) is 0.508. The van der Waals surface area contributed by atoms with Crippen molar-refractivity contribution in [2.75, 3.05) is 0 Å². The first-order chi connectivity index (χ1) is 29.0. The monoisotopic (exact) mass is 943 g/mol. The van der Waals surface area contributed by atoms with Gasteiger partial charge in [-0.05, 0) is 163 Å². The number of benzene rings is 5. The van der Waals surface area contributed by atoms with Crippen molar-refractivity contribution < 1.29 is 26.3 Å². The average Bonchev–Trinajstić information content (AvgIpc) is 3.21. The molecule has 0 radical (unpaired) electrons. The molecule has 0 amide bonds. The van der Waals surface area contributed by atoms with Gasteiger partial charge in [-0.2, -0.15) is 0 Å². The molecule has 67 heavy (non-hydrogen) atoms. The summed E-state index contributed by atoms with van der Waals surface area (Å²) >= 11 is 0. The molecule has 2 aliphatic rings. The topological polar surface area (TPSA) is 0 Å². The van der Waals surface area contributed by atoms with Crippen molar-refractivity contribution in [1.29, 1.82) is 0 Å². The second-order valence-corrected chi connectivity index (χ2v) is 18.1. The first-order valence-electron chi connectivity index (χ1n) is 22.3. The smallest absolute Gasteiger partial charge is 0.129 e. The van der Waals surface area contributed by atoms with E-state index in [-0.39, 0.29) is 59.9 Å². The van der Waals surface area contributed by atoms with Gasteiger partial charge in [0.25, 0.3) is 0 Å². The number of rotatable bonds is 0. The molecule has 7 rings (SSSR count). The SMILES string of the molecule is C.C.C.C.C.CC1CCC(C)CC1.CC1CCC(C)CC1.Cc1cc(F)c(C)c(F)c1.Cc1cc(F)c(C)c(F)c1.Cc1ccc(C)c(F)c1.Cc1ccc(C)c(F)c1.Cc1ccc(C)cc1. The third kappa shape index (κ3) is 31.4. The molecule has 0 heterocycles. The molecule has 382 valence electrons. The van der Waals surface area contributed by atoms with Crippen LogP contribution in [0.15, 0.2) is 84.9 Å². The minimum absolute atomic E-state index is 0. The van der Waals surface area contributed by atoms with Crippen LogP contribution in [0.3, 0.4) is 0 Å². The molecule has 0 unspecified atom stereocenters. The number of hydrogen-bond acceptors (Lipinski definition) is 0. The Morgan fingerprint density at radius 1 is 0.269 bits per heavy atom. The molecule has 0 aliphatic heterocycles. The molecule has 0 bridgehead atoms. The number of hydrogen-bond donors (Lipinski definition) is 0. The van der Waals surface area contributed by atoms with Gasteiger partial charge in [-0.25, -0.2) is 26.3 Å². The number of halogens is 6. The van der Waals surface area contributed by atoms with Gasteiger partial charge in [0.15, 0.2) is 0 Å². The largest absolute Gasteiger partial charge is 0.207 e. The molecule has 0 aromatic heterocycles. The summed E-state index contributed by atoms with van der Waals surface area (Å²) in [5, 5.41) is 0. The summed E-state index contributed by atoms with van der Waals surface area (Å²) in [6, 6.07) is 24.2. The maximum Gasteiger partial charge on any atom is 0.129 e. The van der Waals surface area contributed by atoms with Crippen LogP contribution >= 0.6 is 0 Å². The fourth-order valence-corrected chi connectivity index (χ4v) is 6.43. The Morgan fingerprint density at radius 3 is 0.627 bits per heavy atom. The Bertz CT molecular complexity index is 1800. The van der Waals surface area contributed by atoms with E-state index in [2.05, 4.69) is 65.8 Å². The molecule has 2 fully saturated rings. The fourth-order valence-electron chi connectivity index (χ4n) is 6.43. The van der Waals surface area contributed by atoms with E-state index in [0.717, 1.165) is 34.8 Å². The quantitative estimate of drug-likeness (QED) is 0.136. The molecule has 5 aromatic carbocycles. The van der Waals surface area contributed by atoms with E-state index in [9.17, 15) is 26.3 Å². The first-order valence-corrected chi connectivity index (χ1v) is 22.3. The predicted octanol–water partition coefficient (Wildman–Crippen LogP) is 21.2. The zero-order valence-corrected chi connectivity index (χ0v) is 40.3. The van der Waals surface area contributed by atoms with Gasteiger partial charge in [-0.3, -0.25) is 0 Å². The van der Waals surface area contributed by atoms with Crippen molar-refractivity contribution in [2.24, 2.45) is 23.7 Å². The van der Waals surface area contributed by atoms with Crippen molar-refractivity contribution in [3.63, 3.8) is 0 Å². The van der Waals surface area contributed by atoms with Gasteiger partial charge in [0.1, 0.15) is 34.9 Å². The van der Waals surface area contributed by atoms with Crippen molar-refractivity contribution in [1.82, 2.24) is 0 Å². The van der Waals surface area contributed by atoms with E-state index in [0.29, 0.717) is 22.3 Å². The van der Waals surface area contributed by atoms with Crippen molar-refractivity contribution in [3.8, 4) is 0 Å². The Hall–Kier alpha value is -4.32. The minimum Gasteiger partial charge on any atom is -0.207 e. The molecule has 2 saturated carbocycles. The van der Waals surface area contributed by atoms with Crippen LogP contribution in [0.2, 0.25) is 0 Å². The molecule has 0 N–H and O–H groups in total. The summed E-state index contributed by atoms with van der Waals surface area (Å²) in [6.45, 7) is 27.1. The van der Waals surface area contributed by atoms with Crippen LogP contribution in [0.5, 0.6) is 0 Å². The van der Waals surface area contributed by atoms with E-state index in [4.69, 9.17) is 0 Å². The highest BCUT2D eigenvalue weighted by Gasteiger charge is 2.14. The third-order valence-corrected chi connectivity index (χ3v) is 11.3. The van der Waals surface area contributed by atoms with E-state index in [1.54, 1.807) is 39.8 Å². The van der Waals surface area contributed by atoms with Crippen LogP contribution in [-0.4, -0.2) is 0 Å². The Labute approximate surface area is 409 Å². The molecule has 6 heteroatoms. The van der Waals surface area contributed by atoms with Crippen LogP contribution in [-0.2, 0) is 0 Å². The zero-order valence-electron chi connectivity index (χ0n) is 40.3. The van der Waals surface area contributed by atoms with Gasteiger partial charge in [-0.1, -0.05) is 176 Å². The molecule has 2 aliphatic carbocycles. The second-order valence-electron chi connectivity index (χ2n) is 18.1. The Kier molecular flexibility index (Phi) is 40.3. The van der Waals surface area contributed by atoms with Gasteiger partial charge in [0, 0.05) is 11.1 Å². The lowest BCUT2D eigenvalue weighted by molar-refractivity contribution is 0.308. The number of aryl methyl sites for hydroxylation is 8. The predicted molar refractivity (Wildman–Crippen MR) is 287 cm³/mol. The second kappa shape index (κ2) is 37.6. The van der Waals surface area contributed by atoms with Crippen LogP contribution in [0.1, 0.15) is 172 Å². The maximum atomic E-state index is 12.6. The summed E-state index contributed by atoms with van der Waals surface area (Å²) in [5.41, 5.74) is 7.42. The summed E-state index contributed by atoms with van der Waals surface area (Å²) in [6.07, 6.45) is 11.8. The summed E-state index contributed by atoms with van der Waals surface area (Å²) < 4.78 is 75.6. The van der Waals surface area contributed by atoms with Crippen LogP contribution < -0.4 is 0 Å². The van der Waals surface area contributed by atoms with Crippen LogP contribution in [0.25, 0.3) is 0 Å².